The normalized spacial score (nSPS) is 12.6. The topological polar surface area (TPSA) is 45.6 Å². The minimum Gasteiger partial charge on any atom is -0.349 e. The van der Waals surface area contributed by atoms with Crippen LogP contribution in [-0.4, -0.2) is 55.4 Å². The van der Waals surface area contributed by atoms with E-state index in [0.717, 1.165) is 30.5 Å². The highest BCUT2D eigenvalue weighted by molar-refractivity contribution is 7.89. The summed E-state index contributed by atoms with van der Waals surface area (Å²) in [5, 5.41) is 0.777. The van der Waals surface area contributed by atoms with Crippen molar-refractivity contribution in [3.8, 4) is 0 Å². The lowest BCUT2D eigenvalue weighted by Gasteiger charge is -2.22. The number of fused-ring (bicyclic) bond motifs is 1. The summed E-state index contributed by atoms with van der Waals surface area (Å²) < 4.78 is 29.0. The zero-order valence-electron chi connectivity index (χ0n) is 13.8. The zero-order valence-corrected chi connectivity index (χ0v) is 14.6. The van der Waals surface area contributed by atoms with E-state index >= 15 is 0 Å². The van der Waals surface area contributed by atoms with E-state index in [1.807, 2.05) is 35.9 Å². The summed E-state index contributed by atoms with van der Waals surface area (Å²) in [4.78, 5) is 2.60. The highest BCUT2D eigenvalue weighted by Crippen LogP contribution is 2.26. The van der Waals surface area contributed by atoms with Crippen molar-refractivity contribution < 1.29 is 8.42 Å². The molecule has 0 N–H and O–H groups in total. The quantitative estimate of drug-likeness (QED) is 0.784. The van der Waals surface area contributed by atoms with Crippen LogP contribution in [0.3, 0.4) is 0 Å². The Balaban J connectivity index is 2.29. The van der Waals surface area contributed by atoms with E-state index in [1.165, 1.54) is 4.31 Å². The van der Waals surface area contributed by atoms with Crippen molar-refractivity contribution in [2.24, 2.45) is 7.05 Å². The van der Waals surface area contributed by atoms with E-state index in [4.69, 9.17) is 0 Å². The fourth-order valence-electron chi connectivity index (χ4n) is 2.62. The van der Waals surface area contributed by atoms with Crippen LogP contribution in [-0.2, 0) is 17.1 Å². The Morgan fingerprint density at radius 1 is 1.09 bits per heavy atom. The van der Waals surface area contributed by atoms with E-state index in [-0.39, 0.29) is 0 Å². The van der Waals surface area contributed by atoms with Gasteiger partial charge in [-0.1, -0.05) is 32.0 Å². The summed E-state index contributed by atoms with van der Waals surface area (Å²) in [5.41, 5.74) is 0.929. The van der Waals surface area contributed by atoms with Gasteiger partial charge in [-0.05, 0) is 19.2 Å². The summed E-state index contributed by atoms with van der Waals surface area (Å²) in [6, 6.07) is 7.59. The number of rotatable bonds is 7. The van der Waals surface area contributed by atoms with E-state index < -0.39 is 10.0 Å². The predicted molar refractivity (Wildman–Crippen MR) is 90.5 cm³/mol. The molecule has 1 aromatic carbocycles. The van der Waals surface area contributed by atoms with Gasteiger partial charge < -0.3 is 9.47 Å². The van der Waals surface area contributed by atoms with Crippen molar-refractivity contribution in [1.82, 2.24) is 13.8 Å². The lowest BCUT2D eigenvalue weighted by Crippen LogP contribution is -2.36. The first-order valence-electron chi connectivity index (χ1n) is 7.64. The summed E-state index contributed by atoms with van der Waals surface area (Å²) in [5.74, 6) is 0. The third kappa shape index (κ3) is 3.19. The Labute approximate surface area is 133 Å². The fourth-order valence-corrected chi connectivity index (χ4v) is 4.02. The fraction of sp³-hybridized carbons (Fsp3) is 0.500. The van der Waals surface area contributed by atoms with Gasteiger partial charge in [-0.2, -0.15) is 4.31 Å². The largest absolute Gasteiger partial charge is 0.349 e. The lowest BCUT2D eigenvalue weighted by atomic mass is 10.2. The first-order valence-corrected chi connectivity index (χ1v) is 9.08. The second-order valence-corrected chi connectivity index (χ2v) is 7.49. The van der Waals surface area contributed by atoms with Crippen LogP contribution in [0.1, 0.15) is 13.8 Å². The third-order valence-electron chi connectivity index (χ3n) is 4.17. The Kier molecular flexibility index (Phi) is 5.26. The highest BCUT2D eigenvalue weighted by Gasteiger charge is 2.25. The molecule has 122 valence electrons. The molecule has 0 unspecified atom stereocenters. The van der Waals surface area contributed by atoms with Crippen molar-refractivity contribution in [2.75, 3.05) is 33.2 Å². The van der Waals surface area contributed by atoms with Crippen LogP contribution in [0.25, 0.3) is 10.9 Å². The van der Waals surface area contributed by atoms with E-state index in [2.05, 4.69) is 18.7 Å². The van der Waals surface area contributed by atoms with Gasteiger partial charge in [-0.15, -0.1) is 0 Å². The minimum absolute atomic E-state index is 0.382. The predicted octanol–water partition coefficient (Wildman–Crippen LogP) is 2.14. The van der Waals surface area contributed by atoms with Crippen LogP contribution in [0.5, 0.6) is 0 Å². The molecule has 0 amide bonds. The number of sulfonamides is 1. The maximum absolute atomic E-state index is 12.8. The molecule has 0 spiro atoms. The SMILES string of the molecule is CCN(CC)CCN(C)S(=O)(=O)c1cn(C)c2ccccc12. The van der Waals surface area contributed by atoms with Crippen molar-refractivity contribution in [3.63, 3.8) is 0 Å². The molecule has 0 aliphatic heterocycles. The molecule has 2 rings (SSSR count). The molecular weight excluding hydrogens is 298 g/mol. The molecule has 0 aliphatic carbocycles. The number of hydrogen-bond donors (Lipinski definition) is 0. The average molecular weight is 323 g/mol. The summed E-state index contributed by atoms with van der Waals surface area (Å²) in [6.07, 6.45) is 1.70. The smallest absolute Gasteiger partial charge is 0.244 e. The molecule has 0 atom stereocenters. The van der Waals surface area contributed by atoms with Crippen molar-refractivity contribution in [3.05, 3.63) is 30.5 Å². The number of likely N-dealkylation sites (N-methyl/N-ethyl adjacent to an activating group) is 2. The van der Waals surface area contributed by atoms with E-state index in [0.29, 0.717) is 11.4 Å². The second-order valence-electron chi connectivity index (χ2n) is 5.47. The summed E-state index contributed by atoms with van der Waals surface area (Å²) >= 11 is 0. The van der Waals surface area contributed by atoms with Crippen molar-refractivity contribution in [1.29, 1.82) is 0 Å². The lowest BCUT2D eigenvalue weighted by molar-refractivity contribution is 0.282. The van der Waals surface area contributed by atoms with E-state index in [1.54, 1.807) is 13.2 Å². The van der Waals surface area contributed by atoms with Crippen LogP contribution < -0.4 is 0 Å². The maximum atomic E-state index is 12.8. The van der Waals surface area contributed by atoms with Gasteiger partial charge in [0, 0.05) is 44.3 Å². The van der Waals surface area contributed by atoms with Crippen LogP contribution >= 0.6 is 0 Å². The third-order valence-corrected chi connectivity index (χ3v) is 6.06. The van der Waals surface area contributed by atoms with Gasteiger partial charge >= 0.3 is 0 Å². The molecule has 0 radical (unpaired) electrons. The number of aryl methyl sites for hydroxylation is 1. The van der Waals surface area contributed by atoms with Crippen LogP contribution in [0.15, 0.2) is 35.4 Å². The molecule has 22 heavy (non-hydrogen) atoms. The van der Waals surface area contributed by atoms with Gasteiger partial charge in [0.2, 0.25) is 10.0 Å². The maximum Gasteiger partial charge on any atom is 0.244 e. The average Bonchev–Trinajstić information content (AvgIpc) is 2.86. The van der Waals surface area contributed by atoms with Crippen molar-refractivity contribution in [2.45, 2.75) is 18.7 Å². The Morgan fingerprint density at radius 2 is 1.73 bits per heavy atom. The minimum atomic E-state index is -3.47. The van der Waals surface area contributed by atoms with Gasteiger partial charge in [0.25, 0.3) is 0 Å². The summed E-state index contributed by atoms with van der Waals surface area (Å²) in [6.45, 7) is 7.27. The number of para-hydroxylation sites is 1. The van der Waals surface area contributed by atoms with Gasteiger partial charge in [0.15, 0.2) is 0 Å². The van der Waals surface area contributed by atoms with Crippen molar-refractivity contribution >= 4 is 20.9 Å². The van der Waals surface area contributed by atoms with Crippen LogP contribution in [0.4, 0.5) is 0 Å². The molecule has 6 heteroatoms. The number of aromatic nitrogens is 1. The Bertz CT molecular complexity index is 733. The number of nitrogens with zero attached hydrogens (tertiary/aromatic N) is 3. The van der Waals surface area contributed by atoms with E-state index in [9.17, 15) is 8.42 Å². The standard InChI is InChI=1S/C16H25N3O2S/c1-5-19(6-2)12-11-18(4)22(20,21)16-13-17(3)15-10-8-7-9-14(15)16/h7-10,13H,5-6,11-12H2,1-4H3. The highest BCUT2D eigenvalue weighted by atomic mass is 32.2. The molecule has 0 saturated carbocycles. The summed E-state index contributed by atoms with van der Waals surface area (Å²) in [7, 11) is 0.0546. The molecular formula is C16H25N3O2S. The molecule has 0 bridgehead atoms. The number of benzene rings is 1. The molecule has 5 nitrogen and oxygen atoms in total. The van der Waals surface area contributed by atoms with Crippen LogP contribution in [0.2, 0.25) is 0 Å². The first-order chi connectivity index (χ1) is 10.4. The second kappa shape index (κ2) is 6.81. The molecule has 2 aromatic rings. The van der Waals surface area contributed by atoms with Gasteiger partial charge in [0.05, 0.1) is 0 Å². The molecule has 0 fully saturated rings. The molecule has 0 aliphatic rings. The molecule has 1 heterocycles. The van der Waals surface area contributed by atoms with Gasteiger partial charge in [-0.25, -0.2) is 8.42 Å². The monoisotopic (exact) mass is 323 g/mol. The Morgan fingerprint density at radius 3 is 2.36 bits per heavy atom. The molecule has 0 saturated heterocycles. The van der Waals surface area contributed by atoms with Gasteiger partial charge in [-0.3, -0.25) is 0 Å². The molecule has 1 aromatic heterocycles. The first kappa shape index (κ1) is 17.0. The Hall–Kier alpha value is -1.37. The van der Waals surface area contributed by atoms with Crippen LogP contribution in [0, 0.1) is 0 Å². The zero-order chi connectivity index (χ0) is 16.3. The van der Waals surface area contributed by atoms with Gasteiger partial charge in [0.1, 0.15) is 4.90 Å². The number of hydrogen-bond acceptors (Lipinski definition) is 3.